The average molecular weight is 459 g/mol. The molecule has 9 heteroatoms. The van der Waals surface area contributed by atoms with Gasteiger partial charge in [0.1, 0.15) is 21.1 Å². The fourth-order valence-corrected chi connectivity index (χ4v) is 4.08. The molecule has 0 saturated carbocycles. The highest BCUT2D eigenvalue weighted by molar-refractivity contribution is 7.99. The maximum atomic E-state index is 12.3. The zero-order valence-electron chi connectivity index (χ0n) is 15.9. The molecule has 0 aliphatic heterocycles. The van der Waals surface area contributed by atoms with E-state index in [0.717, 1.165) is 0 Å². The van der Waals surface area contributed by atoms with E-state index in [4.69, 9.17) is 27.9 Å². The Labute approximate surface area is 182 Å². The van der Waals surface area contributed by atoms with Crippen LogP contribution in [-0.4, -0.2) is 33.1 Å². The number of halogens is 2. The Morgan fingerprint density at radius 2 is 2.11 bits per heavy atom. The second-order valence-electron chi connectivity index (χ2n) is 6.58. The fraction of sp³-hybridized carbons (Fsp3) is 0.316. The van der Waals surface area contributed by atoms with E-state index >= 15 is 0 Å². The van der Waals surface area contributed by atoms with Crippen LogP contribution in [0, 0.1) is 0 Å². The van der Waals surface area contributed by atoms with Gasteiger partial charge >= 0.3 is 5.97 Å². The Morgan fingerprint density at radius 1 is 1.39 bits per heavy atom. The highest BCUT2D eigenvalue weighted by atomic mass is 35.5. The molecule has 1 unspecified atom stereocenters. The second kappa shape index (κ2) is 9.98. The summed E-state index contributed by atoms with van der Waals surface area (Å²) >= 11 is 12.3. The van der Waals surface area contributed by atoms with Gasteiger partial charge in [-0.25, -0.2) is 9.78 Å². The number of hydrogen-bond acceptors (Lipinski definition) is 6. The molecule has 1 atom stereocenters. The van der Waals surface area contributed by atoms with Crippen molar-refractivity contribution in [2.75, 3.05) is 6.61 Å². The first-order valence-electron chi connectivity index (χ1n) is 8.38. The van der Waals surface area contributed by atoms with Gasteiger partial charge < -0.3 is 9.29 Å². The minimum atomic E-state index is -1.44. The van der Waals surface area contributed by atoms with Crippen molar-refractivity contribution in [2.45, 2.75) is 42.4 Å². The third-order valence-electron chi connectivity index (χ3n) is 3.31. The van der Waals surface area contributed by atoms with E-state index in [2.05, 4.69) is 9.38 Å². The lowest BCUT2D eigenvalue weighted by molar-refractivity contribution is 0.0521. The summed E-state index contributed by atoms with van der Waals surface area (Å²) in [5.41, 5.74) is 0.919. The molecular formula is C19H20Cl2N2O3S2. The molecule has 1 aromatic carbocycles. The maximum absolute atomic E-state index is 12.3. The summed E-state index contributed by atoms with van der Waals surface area (Å²) in [5, 5.41) is 1.24. The van der Waals surface area contributed by atoms with Gasteiger partial charge in [0.2, 0.25) is 0 Å². The van der Waals surface area contributed by atoms with E-state index in [1.54, 1.807) is 37.4 Å². The third-order valence-corrected chi connectivity index (χ3v) is 6.47. The number of esters is 1. The van der Waals surface area contributed by atoms with Crippen molar-refractivity contribution in [3.05, 3.63) is 51.6 Å². The third kappa shape index (κ3) is 6.12. The van der Waals surface area contributed by atoms with Crippen LogP contribution in [0.3, 0.4) is 0 Å². The van der Waals surface area contributed by atoms with Crippen LogP contribution in [0.2, 0.25) is 10.0 Å². The minimum absolute atomic E-state index is 0.260. The van der Waals surface area contributed by atoms with E-state index in [9.17, 15) is 9.35 Å². The number of benzene rings is 1. The molecule has 28 heavy (non-hydrogen) atoms. The number of carbonyl (C=O) groups is 1. The SMILES string of the molecule is CCOC(=O)c1cccnc1Sc1c(Cl)cc(Cl)cc1/C=N\[S+]([O-])C(C)(C)C. The van der Waals surface area contributed by atoms with Crippen molar-refractivity contribution in [1.29, 1.82) is 0 Å². The predicted octanol–water partition coefficient (Wildman–Crippen LogP) is 5.60. The normalized spacial score (nSPS) is 13.0. The fourth-order valence-electron chi connectivity index (χ4n) is 1.98. The summed E-state index contributed by atoms with van der Waals surface area (Å²) in [4.78, 5) is 17.1. The molecule has 0 N–H and O–H groups in total. The molecule has 0 spiro atoms. The number of rotatable bonds is 6. The average Bonchev–Trinajstić information content (AvgIpc) is 2.61. The summed E-state index contributed by atoms with van der Waals surface area (Å²) in [7, 11) is 0. The van der Waals surface area contributed by atoms with Gasteiger partial charge in [-0.05, 0) is 52.0 Å². The van der Waals surface area contributed by atoms with Crippen molar-refractivity contribution in [2.24, 2.45) is 4.40 Å². The second-order valence-corrected chi connectivity index (χ2v) is 10.4. The zero-order chi connectivity index (χ0) is 20.9. The zero-order valence-corrected chi connectivity index (χ0v) is 19.0. The van der Waals surface area contributed by atoms with Crippen LogP contribution in [-0.2, 0) is 16.1 Å². The van der Waals surface area contributed by atoms with Gasteiger partial charge in [0.25, 0.3) is 0 Å². The topological polar surface area (TPSA) is 74.6 Å². The van der Waals surface area contributed by atoms with E-state index in [0.29, 0.717) is 31.1 Å². The molecular weight excluding hydrogens is 439 g/mol. The largest absolute Gasteiger partial charge is 0.591 e. The van der Waals surface area contributed by atoms with E-state index in [-0.39, 0.29) is 6.61 Å². The molecule has 2 rings (SSSR count). The predicted molar refractivity (Wildman–Crippen MR) is 116 cm³/mol. The summed E-state index contributed by atoms with van der Waals surface area (Å²) in [6.07, 6.45) is 3.06. The highest BCUT2D eigenvalue weighted by Crippen LogP contribution is 2.38. The van der Waals surface area contributed by atoms with Gasteiger partial charge in [0.05, 0.1) is 23.4 Å². The number of ether oxygens (including phenoxy) is 1. The monoisotopic (exact) mass is 458 g/mol. The molecule has 1 aromatic heterocycles. The molecule has 0 fully saturated rings. The summed E-state index contributed by atoms with van der Waals surface area (Å²) in [6.45, 7) is 7.50. The number of nitrogens with zero attached hydrogens (tertiary/aromatic N) is 2. The first-order valence-corrected chi connectivity index (χ1v) is 11.1. The standard InChI is InChI=1S/C19H20Cl2N2O3S2/c1-5-26-18(24)14-7-6-8-22-17(14)27-16-12(9-13(20)10-15(16)21)11-23-28(25)19(2,3)4/h6-11H,5H2,1-4H3/b23-11-. The van der Waals surface area contributed by atoms with Crippen molar-refractivity contribution >= 4 is 58.5 Å². The maximum Gasteiger partial charge on any atom is 0.340 e. The molecule has 0 aliphatic carbocycles. The molecule has 0 radical (unpaired) electrons. The molecule has 2 aromatic rings. The Balaban J connectivity index is 2.45. The van der Waals surface area contributed by atoms with Crippen LogP contribution >= 0.6 is 35.0 Å². The Bertz CT molecular complexity index is 886. The van der Waals surface area contributed by atoms with E-state index < -0.39 is 22.1 Å². The van der Waals surface area contributed by atoms with Gasteiger partial charge in [0, 0.05) is 21.7 Å². The van der Waals surface area contributed by atoms with Crippen LogP contribution in [0.5, 0.6) is 0 Å². The van der Waals surface area contributed by atoms with Crippen LogP contribution < -0.4 is 0 Å². The van der Waals surface area contributed by atoms with E-state index in [1.165, 1.54) is 18.0 Å². The number of aromatic nitrogens is 1. The lowest BCUT2D eigenvalue weighted by Gasteiger charge is -2.18. The van der Waals surface area contributed by atoms with Crippen LogP contribution in [0.15, 0.2) is 44.8 Å². The summed E-state index contributed by atoms with van der Waals surface area (Å²) in [6, 6.07) is 6.57. The first kappa shape index (κ1) is 23.0. The van der Waals surface area contributed by atoms with Crippen LogP contribution in [0.25, 0.3) is 0 Å². The molecule has 1 heterocycles. The molecule has 150 valence electrons. The highest BCUT2D eigenvalue weighted by Gasteiger charge is 2.26. The number of hydrogen-bond donors (Lipinski definition) is 0. The lowest BCUT2D eigenvalue weighted by atomic mass is 10.2. The number of pyridine rings is 1. The minimum Gasteiger partial charge on any atom is -0.591 e. The Morgan fingerprint density at radius 3 is 2.75 bits per heavy atom. The van der Waals surface area contributed by atoms with Crippen molar-refractivity contribution in [3.63, 3.8) is 0 Å². The van der Waals surface area contributed by atoms with Crippen molar-refractivity contribution in [1.82, 2.24) is 4.98 Å². The molecule has 0 amide bonds. The van der Waals surface area contributed by atoms with Crippen LogP contribution in [0.4, 0.5) is 0 Å². The quantitative estimate of drug-likeness (QED) is 0.320. The van der Waals surface area contributed by atoms with E-state index in [1.807, 2.05) is 20.8 Å². The van der Waals surface area contributed by atoms with Crippen LogP contribution in [0.1, 0.15) is 43.6 Å². The molecule has 0 bridgehead atoms. The molecule has 5 nitrogen and oxygen atoms in total. The lowest BCUT2D eigenvalue weighted by Crippen LogP contribution is -2.25. The molecule has 0 aliphatic rings. The first-order chi connectivity index (χ1) is 13.1. The van der Waals surface area contributed by atoms with Crippen molar-refractivity contribution < 1.29 is 14.1 Å². The van der Waals surface area contributed by atoms with Gasteiger partial charge in [-0.2, -0.15) is 0 Å². The smallest absolute Gasteiger partial charge is 0.340 e. The van der Waals surface area contributed by atoms with Gasteiger partial charge in [-0.3, -0.25) is 0 Å². The Hall–Kier alpha value is -1.25. The summed E-state index contributed by atoms with van der Waals surface area (Å²) < 4.78 is 21.0. The van der Waals surface area contributed by atoms with Gasteiger partial charge in [-0.1, -0.05) is 39.4 Å². The number of carbonyl (C=O) groups excluding carboxylic acids is 1. The molecule has 0 saturated heterocycles. The van der Waals surface area contributed by atoms with Crippen molar-refractivity contribution in [3.8, 4) is 0 Å². The van der Waals surface area contributed by atoms with Gasteiger partial charge in [-0.15, -0.1) is 0 Å². The Kier molecular flexibility index (Phi) is 8.21. The van der Waals surface area contributed by atoms with Gasteiger partial charge in [0.15, 0.2) is 0 Å². The summed E-state index contributed by atoms with van der Waals surface area (Å²) in [5.74, 6) is -0.466.